The van der Waals surface area contributed by atoms with Crippen molar-refractivity contribution in [3.05, 3.63) is 48.0 Å². The number of benzene rings is 2. The van der Waals surface area contributed by atoms with E-state index >= 15 is 0 Å². The van der Waals surface area contributed by atoms with Crippen LogP contribution in [0.1, 0.15) is 24.8 Å². The van der Waals surface area contributed by atoms with Crippen LogP contribution in [0, 0.1) is 0 Å². The summed E-state index contributed by atoms with van der Waals surface area (Å²) in [6.45, 7) is 0. The number of nitrogens with zero attached hydrogens (tertiary/aromatic N) is 1. The second-order valence-corrected chi connectivity index (χ2v) is 6.11. The number of fused-ring (bicyclic) bond motifs is 3. The lowest BCUT2D eigenvalue weighted by atomic mass is 9.93. The van der Waals surface area contributed by atoms with Crippen LogP contribution in [0.5, 0.6) is 5.75 Å². The first-order chi connectivity index (χ1) is 9.70. The predicted molar refractivity (Wildman–Crippen MR) is 82.8 cm³/mol. The van der Waals surface area contributed by atoms with Gasteiger partial charge >= 0.3 is 0 Å². The molecule has 2 heteroatoms. The molecule has 2 bridgehead atoms. The van der Waals surface area contributed by atoms with Crippen molar-refractivity contribution < 1.29 is 5.11 Å². The van der Waals surface area contributed by atoms with Crippen molar-refractivity contribution in [3.63, 3.8) is 0 Å². The highest BCUT2D eigenvalue weighted by Gasteiger charge is 2.33. The summed E-state index contributed by atoms with van der Waals surface area (Å²) < 4.78 is 0. The summed E-state index contributed by atoms with van der Waals surface area (Å²) in [5.41, 5.74) is 2.83. The fourth-order valence-corrected chi connectivity index (χ4v) is 3.69. The van der Waals surface area contributed by atoms with E-state index in [0.717, 1.165) is 17.8 Å². The number of phenolic OH excluding ortho intramolecular Hbond substituents is 1. The molecule has 102 valence electrons. The van der Waals surface area contributed by atoms with Crippen LogP contribution in [0.4, 0.5) is 0 Å². The van der Waals surface area contributed by atoms with Gasteiger partial charge in [0.25, 0.3) is 0 Å². The topological polar surface area (TPSA) is 23.5 Å². The second-order valence-electron chi connectivity index (χ2n) is 6.11. The van der Waals surface area contributed by atoms with Crippen LogP contribution in [0.2, 0.25) is 0 Å². The van der Waals surface area contributed by atoms with E-state index in [1.165, 1.54) is 29.4 Å². The van der Waals surface area contributed by atoms with Gasteiger partial charge in [0.15, 0.2) is 0 Å². The van der Waals surface area contributed by atoms with Gasteiger partial charge in [-0.3, -0.25) is 4.90 Å². The molecule has 1 saturated heterocycles. The summed E-state index contributed by atoms with van der Waals surface area (Å²) in [7, 11) is 2.25. The van der Waals surface area contributed by atoms with Gasteiger partial charge in [-0.15, -0.1) is 0 Å². The Morgan fingerprint density at radius 2 is 1.85 bits per heavy atom. The SMILES string of the molecule is CN1C2C=C(c3ccc4cc(O)ccc4c3)CC1CC2. The molecule has 2 nitrogen and oxygen atoms in total. The zero-order valence-corrected chi connectivity index (χ0v) is 11.7. The molecule has 2 aliphatic rings. The molecule has 20 heavy (non-hydrogen) atoms. The highest BCUT2D eigenvalue weighted by molar-refractivity contribution is 5.87. The van der Waals surface area contributed by atoms with Crippen LogP contribution in [-0.4, -0.2) is 29.1 Å². The van der Waals surface area contributed by atoms with Gasteiger partial charge in [-0.05, 0) is 66.4 Å². The van der Waals surface area contributed by atoms with Crippen molar-refractivity contribution in [3.8, 4) is 5.75 Å². The molecule has 0 radical (unpaired) electrons. The molecule has 0 aliphatic carbocycles. The normalized spacial score (nSPS) is 25.9. The van der Waals surface area contributed by atoms with Crippen LogP contribution in [0.15, 0.2) is 42.5 Å². The molecule has 0 spiro atoms. The van der Waals surface area contributed by atoms with E-state index in [4.69, 9.17) is 0 Å². The smallest absolute Gasteiger partial charge is 0.116 e. The number of phenols is 1. The molecule has 2 unspecified atom stereocenters. The Hall–Kier alpha value is -1.80. The van der Waals surface area contributed by atoms with Crippen LogP contribution < -0.4 is 0 Å². The average Bonchev–Trinajstić information content (AvgIpc) is 2.68. The minimum absolute atomic E-state index is 0.335. The Labute approximate surface area is 119 Å². The Morgan fingerprint density at radius 1 is 1.05 bits per heavy atom. The lowest BCUT2D eigenvalue weighted by Crippen LogP contribution is -2.34. The van der Waals surface area contributed by atoms with Gasteiger partial charge in [0, 0.05) is 12.1 Å². The molecule has 2 aromatic rings. The fraction of sp³-hybridized carbons (Fsp3) is 0.333. The number of aromatic hydroxyl groups is 1. The van der Waals surface area contributed by atoms with E-state index in [1.54, 1.807) is 6.07 Å². The number of likely N-dealkylation sites (N-methyl/N-ethyl adjacent to an activating group) is 1. The third kappa shape index (κ3) is 1.83. The molecule has 2 aliphatic heterocycles. The van der Waals surface area contributed by atoms with E-state index in [-0.39, 0.29) is 0 Å². The van der Waals surface area contributed by atoms with Crippen molar-refractivity contribution in [2.75, 3.05) is 7.05 Å². The summed E-state index contributed by atoms with van der Waals surface area (Å²) in [6.07, 6.45) is 6.23. The number of hydrogen-bond donors (Lipinski definition) is 1. The van der Waals surface area contributed by atoms with Crippen molar-refractivity contribution >= 4 is 16.3 Å². The monoisotopic (exact) mass is 265 g/mol. The summed E-state index contributed by atoms with van der Waals surface area (Å²) in [5.74, 6) is 0.335. The molecule has 1 fully saturated rings. The minimum atomic E-state index is 0.335. The molecular formula is C18H19NO. The summed E-state index contributed by atoms with van der Waals surface area (Å²) in [5, 5.41) is 11.8. The van der Waals surface area contributed by atoms with E-state index in [9.17, 15) is 5.11 Å². The molecule has 0 saturated carbocycles. The first-order valence-electron chi connectivity index (χ1n) is 7.36. The quantitative estimate of drug-likeness (QED) is 0.848. The summed E-state index contributed by atoms with van der Waals surface area (Å²) in [6, 6.07) is 13.5. The maximum Gasteiger partial charge on any atom is 0.116 e. The van der Waals surface area contributed by atoms with Gasteiger partial charge in [-0.25, -0.2) is 0 Å². The summed E-state index contributed by atoms with van der Waals surface area (Å²) >= 11 is 0. The maximum absolute atomic E-state index is 9.54. The van der Waals surface area contributed by atoms with Crippen LogP contribution in [0.25, 0.3) is 16.3 Å². The van der Waals surface area contributed by atoms with Gasteiger partial charge in [0.05, 0.1) is 0 Å². The van der Waals surface area contributed by atoms with E-state index in [1.807, 2.05) is 12.1 Å². The lowest BCUT2D eigenvalue weighted by molar-refractivity contribution is 0.264. The predicted octanol–water partition coefficient (Wildman–Crippen LogP) is 3.80. The van der Waals surface area contributed by atoms with Crippen molar-refractivity contribution in [1.82, 2.24) is 4.90 Å². The molecule has 0 amide bonds. The minimum Gasteiger partial charge on any atom is -0.508 e. The number of rotatable bonds is 1. The molecular weight excluding hydrogens is 246 g/mol. The molecule has 2 aromatic carbocycles. The van der Waals surface area contributed by atoms with Gasteiger partial charge < -0.3 is 5.11 Å². The summed E-state index contributed by atoms with van der Waals surface area (Å²) in [4.78, 5) is 2.52. The Balaban J connectivity index is 1.76. The average molecular weight is 265 g/mol. The van der Waals surface area contributed by atoms with E-state index in [2.05, 4.69) is 36.2 Å². The van der Waals surface area contributed by atoms with Crippen molar-refractivity contribution in [2.24, 2.45) is 0 Å². The maximum atomic E-state index is 9.54. The molecule has 2 atom stereocenters. The van der Waals surface area contributed by atoms with Gasteiger partial charge in [0.1, 0.15) is 5.75 Å². The van der Waals surface area contributed by atoms with E-state index in [0.29, 0.717) is 11.8 Å². The molecule has 2 heterocycles. The van der Waals surface area contributed by atoms with Crippen LogP contribution in [-0.2, 0) is 0 Å². The first-order valence-corrected chi connectivity index (χ1v) is 7.36. The Bertz CT molecular complexity index is 704. The van der Waals surface area contributed by atoms with Gasteiger partial charge in [-0.1, -0.05) is 24.3 Å². The lowest BCUT2D eigenvalue weighted by Gasteiger charge is -2.30. The highest BCUT2D eigenvalue weighted by Crippen LogP contribution is 2.38. The number of hydrogen-bond acceptors (Lipinski definition) is 2. The second kappa shape index (κ2) is 4.35. The Morgan fingerprint density at radius 3 is 2.70 bits per heavy atom. The van der Waals surface area contributed by atoms with Crippen LogP contribution in [0.3, 0.4) is 0 Å². The standard InChI is InChI=1S/C18H19NO/c1-19-16-5-6-17(19)10-15(9-16)13-2-3-14-11-18(20)7-4-12(14)8-13/h2-4,7-9,11,16-17,20H,5-6,10H2,1H3. The van der Waals surface area contributed by atoms with Gasteiger partial charge in [-0.2, -0.15) is 0 Å². The zero-order chi connectivity index (χ0) is 13.7. The van der Waals surface area contributed by atoms with E-state index < -0.39 is 0 Å². The van der Waals surface area contributed by atoms with Crippen molar-refractivity contribution in [2.45, 2.75) is 31.3 Å². The molecule has 4 rings (SSSR count). The third-order valence-electron chi connectivity index (χ3n) is 4.94. The largest absolute Gasteiger partial charge is 0.508 e. The van der Waals surface area contributed by atoms with Crippen molar-refractivity contribution in [1.29, 1.82) is 0 Å². The van der Waals surface area contributed by atoms with Crippen LogP contribution >= 0.6 is 0 Å². The molecule has 1 N–H and O–H groups in total. The zero-order valence-electron chi connectivity index (χ0n) is 11.7. The third-order valence-corrected chi connectivity index (χ3v) is 4.94. The van der Waals surface area contributed by atoms with Gasteiger partial charge in [0.2, 0.25) is 0 Å². The highest BCUT2D eigenvalue weighted by atomic mass is 16.3. The molecule has 0 aromatic heterocycles. The fourth-order valence-electron chi connectivity index (χ4n) is 3.69. The Kier molecular flexibility index (Phi) is 2.61. The first kappa shape index (κ1) is 12.0.